The van der Waals surface area contributed by atoms with E-state index in [0.717, 1.165) is 31.4 Å². The van der Waals surface area contributed by atoms with Gasteiger partial charge in [0.05, 0.1) is 0 Å². The van der Waals surface area contributed by atoms with Crippen LogP contribution in [-0.4, -0.2) is 49.2 Å². The Morgan fingerprint density at radius 3 is 2.89 bits per heavy atom. The van der Waals surface area contributed by atoms with E-state index in [2.05, 4.69) is 25.3 Å². The number of hydrogen-bond donors (Lipinski definition) is 1. The number of carbonyl (C=O) groups excluding carboxylic acids is 1. The summed E-state index contributed by atoms with van der Waals surface area (Å²) in [6, 6.07) is 6.69. The number of carbonyl (C=O) groups is 1. The molecule has 0 radical (unpaired) electrons. The first-order valence-corrected chi connectivity index (χ1v) is 9.40. The van der Waals surface area contributed by atoms with Gasteiger partial charge >= 0.3 is 0 Å². The van der Waals surface area contributed by atoms with Crippen LogP contribution in [0.1, 0.15) is 43.1 Å². The zero-order valence-corrected chi connectivity index (χ0v) is 15.3. The van der Waals surface area contributed by atoms with Gasteiger partial charge in [-0.2, -0.15) is 10.1 Å². The van der Waals surface area contributed by atoms with Crippen molar-refractivity contribution in [2.75, 3.05) is 13.1 Å². The fourth-order valence-corrected chi connectivity index (χ4v) is 3.55. The first-order valence-electron chi connectivity index (χ1n) is 9.40. The van der Waals surface area contributed by atoms with E-state index in [1.54, 1.807) is 0 Å². The summed E-state index contributed by atoms with van der Waals surface area (Å²) in [7, 11) is 0. The van der Waals surface area contributed by atoms with Gasteiger partial charge in [0.1, 0.15) is 12.1 Å². The lowest BCUT2D eigenvalue weighted by Crippen LogP contribution is -2.32. The monoisotopic (exact) mass is 384 g/mol. The number of hydrogen-bond acceptors (Lipinski definition) is 6. The maximum Gasteiger partial charge on any atom is 0.239 e. The van der Waals surface area contributed by atoms with E-state index in [4.69, 9.17) is 4.52 Å². The second-order valence-electron chi connectivity index (χ2n) is 6.91. The molecular formula is C19H21FN6O2. The minimum atomic E-state index is -0.221. The molecule has 1 aliphatic heterocycles. The third kappa shape index (κ3) is 4.24. The van der Waals surface area contributed by atoms with E-state index < -0.39 is 0 Å². The minimum Gasteiger partial charge on any atom is -0.343 e. The fourth-order valence-electron chi connectivity index (χ4n) is 3.55. The van der Waals surface area contributed by atoms with Crippen molar-refractivity contribution in [1.82, 2.24) is 30.2 Å². The number of nitrogens with zero attached hydrogens (tertiary/aromatic N) is 5. The molecule has 4 rings (SSSR count). The molecule has 2 aromatic heterocycles. The molecule has 1 unspecified atom stereocenters. The van der Waals surface area contributed by atoms with E-state index >= 15 is 0 Å². The Kier molecular flexibility index (Phi) is 5.41. The summed E-state index contributed by atoms with van der Waals surface area (Å²) in [4.78, 5) is 22.7. The SMILES string of the molecule is O=C(CCc1nc(-c2ncn[nH]2)no1)N1CCCC(c2ccc(F)cc2)CC1. The highest BCUT2D eigenvalue weighted by atomic mass is 19.1. The average molecular weight is 384 g/mol. The van der Waals surface area contributed by atoms with Crippen molar-refractivity contribution in [1.29, 1.82) is 0 Å². The molecule has 0 spiro atoms. The number of benzene rings is 1. The Bertz CT molecular complexity index is 909. The average Bonchev–Trinajstić information content (AvgIpc) is 3.34. The number of halogens is 1. The minimum absolute atomic E-state index is 0.0826. The number of aromatic nitrogens is 5. The van der Waals surface area contributed by atoms with Gasteiger partial charge in [-0.1, -0.05) is 17.3 Å². The van der Waals surface area contributed by atoms with Crippen LogP contribution in [0.4, 0.5) is 4.39 Å². The van der Waals surface area contributed by atoms with Crippen LogP contribution in [0.5, 0.6) is 0 Å². The maximum atomic E-state index is 13.1. The maximum absolute atomic E-state index is 13.1. The Morgan fingerprint density at radius 2 is 2.11 bits per heavy atom. The van der Waals surface area contributed by atoms with Gasteiger partial charge in [-0.05, 0) is 42.9 Å². The molecule has 3 aromatic rings. The van der Waals surface area contributed by atoms with Crippen molar-refractivity contribution >= 4 is 5.91 Å². The molecule has 1 aliphatic rings. The van der Waals surface area contributed by atoms with Crippen molar-refractivity contribution in [3.8, 4) is 11.6 Å². The number of rotatable bonds is 5. The number of aryl methyl sites for hydroxylation is 1. The van der Waals surface area contributed by atoms with E-state index in [1.165, 1.54) is 18.5 Å². The second kappa shape index (κ2) is 8.28. The lowest BCUT2D eigenvalue weighted by molar-refractivity contribution is -0.131. The molecule has 28 heavy (non-hydrogen) atoms. The summed E-state index contributed by atoms with van der Waals surface area (Å²) in [5.41, 5.74) is 1.14. The molecule has 1 fully saturated rings. The highest BCUT2D eigenvalue weighted by molar-refractivity contribution is 5.76. The standard InChI is InChI=1S/C19H21FN6O2/c20-15-5-3-14(4-6-15)13-2-1-10-26(11-9-13)17(27)8-7-16-23-19(25-28-16)18-21-12-22-24-18/h3-6,12-13H,1-2,7-11H2,(H,21,22,24). The lowest BCUT2D eigenvalue weighted by Gasteiger charge is -2.20. The Labute approximate surface area is 161 Å². The van der Waals surface area contributed by atoms with Crippen LogP contribution in [0.15, 0.2) is 35.1 Å². The summed E-state index contributed by atoms with van der Waals surface area (Å²) in [6.07, 6.45) is 4.89. The third-order valence-corrected chi connectivity index (χ3v) is 5.07. The molecule has 1 amide bonds. The summed E-state index contributed by atoms with van der Waals surface area (Å²) in [5.74, 6) is 1.39. The number of amides is 1. The molecule has 146 valence electrons. The number of nitrogens with one attached hydrogen (secondary N) is 1. The summed E-state index contributed by atoms with van der Waals surface area (Å²) in [6.45, 7) is 1.44. The van der Waals surface area contributed by atoms with Crippen LogP contribution in [0.25, 0.3) is 11.6 Å². The molecule has 1 N–H and O–H groups in total. The van der Waals surface area contributed by atoms with E-state index in [9.17, 15) is 9.18 Å². The molecule has 1 atom stereocenters. The van der Waals surface area contributed by atoms with Crippen molar-refractivity contribution < 1.29 is 13.7 Å². The molecule has 1 aromatic carbocycles. The lowest BCUT2D eigenvalue weighted by atomic mass is 9.92. The fraction of sp³-hybridized carbons (Fsp3) is 0.421. The first kappa shape index (κ1) is 18.3. The molecule has 0 saturated carbocycles. The normalized spacial score (nSPS) is 17.5. The highest BCUT2D eigenvalue weighted by Crippen LogP contribution is 2.28. The van der Waals surface area contributed by atoms with Crippen LogP contribution < -0.4 is 0 Å². The van der Waals surface area contributed by atoms with Crippen LogP contribution in [0.2, 0.25) is 0 Å². The van der Waals surface area contributed by atoms with Crippen LogP contribution in [0.3, 0.4) is 0 Å². The van der Waals surface area contributed by atoms with Crippen molar-refractivity contribution in [3.05, 3.63) is 47.9 Å². The third-order valence-electron chi connectivity index (χ3n) is 5.07. The number of H-pyrrole nitrogens is 1. The van der Waals surface area contributed by atoms with Gasteiger partial charge < -0.3 is 9.42 Å². The quantitative estimate of drug-likeness (QED) is 0.726. The molecule has 3 heterocycles. The van der Waals surface area contributed by atoms with E-state index in [-0.39, 0.29) is 11.7 Å². The van der Waals surface area contributed by atoms with Crippen molar-refractivity contribution in [2.45, 2.75) is 38.0 Å². The molecule has 1 saturated heterocycles. The zero-order valence-electron chi connectivity index (χ0n) is 15.3. The van der Waals surface area contributed by atoms with Gasteiger partial charge in [0.15, 0.2) is 5.82 Å². The molecule has 8 nitrogen and oxygen atoms in total. The van der Waals surface area contributed by atoms with Gasteiger partial charge in [0.25, 0.3) is 0 Å². The van der Waals surface area contributed by atoms with Crippen molar-refractivity contribution in [3.63, 3.8) is 0 Å². The zero-order chi connectivity index (χ0) is 19.3. The van der Waals surface area contributed by atoms with E-state index in [1.807, 2.05) is 17.0 Å². The molecule has 9 heteroatoms. The van der Waals surface area contributed by atoms with Gasteiger partial charge in [-0.25, -0.2) is 9.37 Å². The summed E-state index contributed by atoms with van der Waals surface area (Å²) in [5, 5.41) is 10.3. The summed E-state index contributed by atoms with van der Waals surface area (Å²) >= 11 is 0. The van der Waals surface area contributed by atoms with E-state index in [0.29, 0.717) is 42.8 Å². The van der Waals surface area contributed by atoms with Crippen LogP contribution >= 0.6 is 0 Å². The van der Waals surface area contributed by atoms with Gasteiger partial charge in [-0.15, -0.1) is 0 Å². The van der Waals surface area contributed by atoms with Crippen LogP contribution in [-0.2, 0) is 11.2 Å². The molecule has 0 bridgehead atoms. The predicted molar refractivity (Wildman–Crippen MR) is 97.6 cm³/mol. The van der Waals surface area contributed by atoms with Gasteiger partial charge in [-0.3, -0.25) is 9.89 Å². The molecule has 0 aliphatic carbocycles. The smallest absolute Gasteiger partial charge is 0.239 e. The van der Waals surface area contributed by atoms with Gasteiger partial charge in [0.2, 0.25) is 17.6 Å². The molecular weight excluding hydrogens is 363 g/mol. The van der Waals surface area contributed by atoms with Gasteiger partial charge in [0, 0.05) is 25.9 Å². The Morgan fingerprint density at radius 1 is 1.25 bits per heavy atom. The van der Waals surface area contributed by atoms with Crippen molar-refractivity contribution in [2.24, 2.45) is 0 Å². The highest BCUT2D eigenvalue weighted by Gasteiger charge is 2.22. The second-order valence-corrected chi connectivity index (χ2v) is 6.91. The topological polar surface area (TPSA) is 101 Å². The first-order chi connectivity index (χ1) is 13.7. The largest absolute Gasteiger partial charge is 0.343 e. The summed E-state index contributed by atoms with van der Waals surface area (Å²) < 4.78 is 18.3. The predicted octanol–water partition coefficient (Wildman–Crippen LogP) is 2.72. The Balaban J connectivity index is 1.30. The number of likely N-dealkylation sites (tertiary alicyclic amines) is 1. The Hall–Kier alpha value is -3.10. The van der Waals surface area contributed by atoms with Crippen LogP contribution in [0, 0.1) is 5.82 Å². The number of aromatic amines is 1.